The van der Waals surface area contributed by atoms with Crippen molar-refractivity contribution in [1.29, 1.82) is 0 Å². The SMILES string of the molecule is CCOc1ccc(C(=O)N2CCN(S(=O)(=O)c3ccc(C)s3)CC2)cc1. The fraction of sp³-hybridized carbons (Fsp3) is 0.389. The number of piperazine rings is 1. The first-order valence-corrected chi connectivity index (χ1v) is 10.8. The third-order valence-electron chi connectivity index (χ3n) is 4.25. The molecule has 0 atom stereocenters. The number of aryl methyl sites for hydroxylation is 1. The standard InChI is InChI=1S/C18H22N2O4S2/c1-3-24-16-7-5-15(6-8-16)18(21)19-10-12-20(13-11-19)26(22,23)17-9-4-14(2)25-17/h4-9H,3,10-13H2,1-2H3. The summed E-state index contributed by atoms with van der Waals surface area (Å²) in [6.07, 6.45) is 0. The lowest BCUT2D eigenvalue weighted by Gasteiger charge is -2.33. The van der Waals surface area contributed by atoms with Gasteiger partial charge < -0.3 is 9.64 Å². The number of nitrogens with zero attached hydrogens (tertiary/aromatic N) is 2. The molecule has 0 radical (unpaired) electrons. The molecule has 2 heterocycles. The van der Waals surface area contributed by atoms with E-state index in [1.807, 2.05) is 19.9 Å². The van der Waals surface area contributed by atoms with Crippen molar-refractivity contribution in [3.63, 3.8) is 0 Å². The van der Waals surface area contributed by atoms with Crippen molar-refractivity contribution in [3.8, 4) is 5.75 Å². The molecule has 1 fully saturated rings. The van der Waals surface area contributed by atoms with Crippen LogP contribution in [0.2, 0.25) is 0 Å². The molecule has 0 aliphatic carbocycles. The Labute approximate surface area is 158 Å². The van der Waals surface area contributed by atoms with Gasteiger partial charge in [0.15, 0.2) is 0 Å². The van der Waals surface area contributed by atoms with Crippen LogP contribution in [0.5, 0.6) is 5.75 Å². The predicted molar refractivity (Wildman–Crippen MR) is 101 cm³/mol. The Balaban J connectivity index is 1.63. The summed E-state index contributed by atoms with van der Waals surface area (Å²) in [6.45, 7) is 5.75. The van der Waals surface area contributed by atoms with E-state index in [1.54, 1.807) is 35.2 Å². The average Bonchev–Trinajstić information content (AvgIpc) is 3.09. The zero-order valence-corrected chi connectivity index (χ0v) is 16.5. The lowest BCUT2D eigenvalue weighted by atomic mass is 10.2. The lowest BCUT2D eigenvalue weighted by Crippen LogP contribution is -2.50. The van der Waals surface area contributed by atoms with Gasteiger partial charge in [0.05, 0.1) is 6.61 Å². The first kappa shape index (κ1) is 18.9. The van der Waals surface area contributed by atoms with Gasteiger partial charge in [-0.3, -0.25) is 4.79 Å². The van der Waals surface area contributed by atoms with E-state index in [2.05, 4.69) is 0 Å². The molecule has 0 bridgehead atoms. The van der Waals surface area contributed by atoms with Gasteiger partial charge in [-0.1, -0.05) is 0 Å². The molecule has 1 aromatic carbocycles. The van der Waals surface area contributed by atoms with Crippen molar-refractivity contribution in [1.82, 2.24) is 9.21 Å². The minimum atomic E-state index is -3.47. The molecule has 8 heteroatoms. The van der Waals surface area contributed by atoms with E-state index in [9.17, 15) is 13.2 Å². The first-order chi connectivity index (χ1) is 12.4. The number of carbonyl (C=O) groups excluding carboxylic acids is 1. The molecule has 0 unspecified atom stereocenters. The summed E-state index contributed by atoms with van der Waals surface area (Å²) in [5.41, 5.74) is 0.582. The van der Waals surface area contributed by atoms with Crippen LogP contribution in [0, 0.1) is 6.92 Å². The van der Waals surface area contributed by atoms with Gasteiger partial charge in [-0.05, 0) is 50.2 Å². The van der Waals surface area contributed by atoms with Gasteiger partial charge in [-0.2, -0.15) is 4.31 Å². The largest absolute Gasteiger partial charge is 0.494 e. The number of thiophene rings is 1. The second-order valence-corrected chi connectivity index (χ2v) is 9.47. The molecule has 26 heavy (non-hydrogen) atoms. The second-order valence-electron chi connectivity index (χ2n) is 6.02. The van der Waals surface area contributed by atoms with Crippen molar-refractivity contribution >= 4 is 27.3 Å². The highest BCUT2D eigenvalue weighted by molar-refractivity contribution is 7.91. The predicted octanol–water partition coefficient (Wildman–Crippen LogP) is 2.60. The van der Waals surface area contributed by atoms with Crippen LogP contribution in [0.15, 0.2) is 40.6 Å². The summed E-state index contributed by atoms with van der Waals surface area (Å²) in [7, 11) is -3.47. The number of amides is 1. The van der Waals surface area contributed by atoms with Crippen LogP contribution < -0.4 is 4.74 Å². The van der Waals surface area contributed by atoms with Gasteiger partial charge in [0.25, 0.3) is 15.9 Å². The molecule has 1 saturated heterocycles. The third-order valence-corrected chi connectivity index (χ3v) is 7.61. The van der Waals surface area contributed by atoms with E-state index in [0.29, 0.717) is 42.6 Å². The first-order valence-electron chi connectivity index (χ1n) is 8.50. The monoisotopic (exact) mass is 394 g/mol. The Hall–Kier alpha value is -1.90. The second kappa shape index (κ2) is 7.77. The van der Waals surface area contributed by atoms with Crippen LogP contribution in [0.4, 0.5) is 0 Å². The normalized spacial score (nSPS) is 15.8. The molecule has 6 nitrogen and oxygen atoms in total. The molecule has 1 aromatic heterocycles. The van der Waals surface area contributed by atoms with E-state index < -0.39 is 10.0 Å². The zero-order valence-electron chi connectivity index (χ0n) is 14.8. The van der Waals surface area contributed by atoms with Crippen molar-refractivity contribution in [2.45, 2.75) is 18.1 Å². The topological polar surface area (TPSA) is 66.9 Å². The molecular formula is C18H22N2O4S2. The van der Waals surface area contributed by atoms with E-state index >= 15 is 0 Å². The van der Waals surface area contributed by atoms with Gasteiger partial charge in [-0.25, -0.2) is 8.42 Å². The summed E-state index contributed by atoms with van der Waals surface area (Å²) >= 11 is 1.28. The molecule has 2 aromatic rings. The maximum atomic E-state index is 12.7. The van der Waals surface area contributed by atoms with Crippen LogP contribution in [0.1, 0.15) is 22.2 Å². The van der Waals surface area contributed by atoms with Crippen LogP contribution >= 0.6 is 11.3 Å². The zero-order chi connectivity index (χ0) is 18.7. The Morgan fingerprint density at radius 2 is 1.73 bits per heavy atom. The molecule has 1 amide bonds. The number of hydrogen-bond acceptors (Lipinski definition) is 5. The Kier molecular flexibility index (Phi) is 5.64. The third kappa shape index (κ3) is 3.92. The van der Waals surface area contributed by atoms with Crippen LogP contribution in [0.25, 0.3) is 0 Å². The summed E-state index contributed by atoms with van der Waals surface area (Å²) in [4.78, 5) is 15.3. The average molecular weight is 395 g/mol. The highest BCUT2D eigenvalue weighted by Gasteiger charge is 2.31. The molecule has 0 N–H and O–H groups in total. The summed E-state index contributed by atoms with van der Waals surface area (Å²) in [5.74, 6) is 0.642. The van der Waals surface area contributed by atoms with Crippen molar-refractivity contribution < 1.29 is 17.9 Å². The lowest BCUT2D eigenvalue weighted by molar-refractivity contribution is 0.0698. The maximum Gasteiger partial charge on any atom is 0.253 e. The minimum Gasteiger partial charge on any atom is -0.494 e. The van der Waals surface area contributed by atoms with Crippen LogP contribution in [-0.4, -0.2) is 56.3 Å². The van der Waals surface area contributed by atoms with Gasteiger partial charge >= 0.3 is 0 Å². The van der Waals surface area contributed by atoms with Crippen molar-refractivity contribution in [2.75, 3.05) is 32.8 Å². The van der Waals surface area contributed by atoms with Crippen LogP contribution in [-0.2, 0) is 10.0 Å². The quantitative estimate of drug-likeness (QED) is 0.782. The number of hydrogen-bond donors (Lipinski definition) is 0. The molecule has 1 aliphatic heterocycles. The van der Waals surface area contributed by atoms with E-state index in [1.165, 1.54) is 15.6 Å². The smallest absolute Gasteiger partial charge is 0.253 e. The molecule has 0 saturated carbocycles. The highest BCUT2D eigenvalue weighted by atomic mass is 32.2. The van der Waals surface area contributed by atoms with E-state index in [-0.39, 0.29) is 5.91 Å². The number of benzene rings is 1. The Morgan fingerprint density at radius 1 is 1.08 bits per heavy atom. The van der Waals surface area contributed by atoms with Gasteiger partial charge in [0.2, 0.25) is 0 Å². The van der Waals surface area contributed by atoms with Gasteiger partial charge in [0, 0.05) is 36.6 Å². The molecule has 3 rings (SSSR count). The molecule has 1 aliphatic rings. The molecule has 140 valence electrons. The van der Waals surface area contributed by atoms with Gasteiger partial charge in [-0.15, -0.1) is 11.3 Å². The molecular weight excluding hydrogens is 372 g/mol. The van der Waals surface area contributed by atoms with Gasteiger partial charge in [0.1, 0.15) is 9.96 Å². The number of sulfonamides is 1. The fourth-order valence-electron chi connectivity index (χ4n) is 2.85. The number of rotatable bonds is 5. The maximum absolute atomic E-state index is 12.7. The summed E-state index contributed by atoms with van der Waals surface area (Å²) in [6, 6.07) is 10.5. The van der Waals surface area contributed by atoms with E-state index in [4.69, 9.17) is 4.74 Å². The molecule has 0 spiro atoms. The van der Waals surface area contributed by atoms with Crippen molar-refractivity contribution in [2.24, 2.45) is 0 Å². The van der Waals surface area contributed by atoms with E-state index in [0.717, 1.165) is 10.6 Å². The highest BCUT2D eigenvalue weighted by Crippen LogP contribution is 2.25. The van der Waals surface area contributed by atoms with Crippen molar-refractivity contribution in [3.05, 3.63) is 46.8 Å². The Morgan fingerprint density at radius 3 is 2.27 bits per heavy atom. The fourth-order valence-corrected chi connectivity index (χ4v) is 5.71. The Bertz CT molecular complexity index is 867. The minimum absolute atomic E-state index is 0.0861. The number of carbonyl (C=O) groups is 1. The number of ether oxygens (including phenoxy) is 1. The summed E-state index contributed by atoms with van der Waals surface area (Å²) in [5, 5.41) is 0. The summed E-state index contributed by atoms with van der Waals surface area (Å²) < 4.78 is 32.5. The van der Waals surface area contributed by atoms with Crippen LogP contribution in [0.3, 0.4) is 0 Å².